The van der Waals surface area contributed by atoms with Crippen LogP contribution in [0, 0.1) is 5.92 Å². The Morgan fingerprint density at radius 1 is 1.39 bits per heavy atom. The number of benzene rings is 1. The maximum atomic E-state index is 12.6. The van der Waals surface area contributed by atoms with Crippen molar-refractivity contribution < 1.29 is 18.0 Å². The van der Waals surface area contributed by atoms with Gasteiger partial charge in [-0.3, -0.25) is 0 Å². The van der Waals surface area contributed by atoms with Gasteiger partial charge in [0.05, 0.1) is 5.56 Å². The van der Waals surface area contributed by atoms with Crippen molar-refractivity contribution in [3.63, 3.8) is 0 Å². The molecule has 98 valence electrons. The van der Waals surface area contributed by atoms with E-state index in [0.29, 0.717) is 12.1 Å². The molecule has 0 aromatic heterocycles. The van der Waals surface area contributed by atoms with Crippen molar-refractivity contribution >= 4 is 6.29 Å². The molecule has 0 amide bonds. The van der Waals surface area contributed by atoms with Gasteiger partial charge in [-0.05, 0) is 37.1 Å². The first kappa shape index (κ1) is 13.1. The number of rotatable bonds is 3. The smallest absolute Gasteiger partial charge is 0.316 e. The molecule has 1 aromatic carbocycles. The van der Waals surface area contributed by atoms with Gasteiger partial charge in [-0.1, -0.05) is 18.2 Å². The van der Waals surface area contributed by atoms with Crippen LogP contribution in [-0.2, 0) is 11.0 Å². The molecule has 0 spiro atoms. The van der Waals surface area contributed by atoms with Crippen molar-refractivity contribution in [2.45, 2.75) is 18.5 Å². The minimum absolute atomic E-state index is 0.0889. The summed E-state index contributed by atoms with van der Waals surface area (Å²) in [7, 11) is 0. The summed E-state index contributed by atoms with van der Waals surface area (Å²) in [4.78, 5) is 11.1. The van der Waals surface area contributed by atoms with Gasteiger partial charge in [0.1, 0.15) is 6.29 Å². The van der Waals surface area contributed by atoms with Crippen LogP contribution in [0.4, 0.5) is 13.2 Å². The molecule has 0 radical (unpaired) electrons. The molecular weight excluding hydrogens is 243 g/mol. The molecule has 2 atom stereocenters. The highest BCUT2D eigenvalue weighted by molar-refractivity contribution is 5.63. The summed E-state index contributed by atoms with van der Waals surface area (Å²) >= 11 is 0. The molecule has 2 nitrogen and oxygen atoms in total. The van der Waals surface area contributed by atoms with Crippen molar-refractivity contribution in [1.29, 1.82) is 0 Å². The first-order chi connectivity index (χ1) is 8.52. The van der Waals surface area contributed by atoms with Crippen LogP contribution in [0.2, 0.25) is 0 Å². The fraction of sp³-hybridized carbons (Fsp3) is 0.462. The summed E-state index contributed by atoms with van der Waals surface area (Å²) in [6.07, 6.45) is -2.79. The summed E-state index contributed by atoms with van der Waals surface area (Å²) < 4.78 is 37.8. The van der Waals surface area contributed by atoms with Crippen LogP contribution in [0.3, 0.4) is 0 Å². The second kappa shape index (κ2) is 5.10. The number of carbonyl (C=O) groups is 1. The van der Waals surface area contributed by atoms with Crippen molar-refractivity contribution in [1.82, 2.24) is 5.32 Å². The first-order valence-corrected chi connectivity index (χ1v) is 5.85. The van der Waals surface area contributed by atoms with Gasteiger partial charge < -0.3 is 10.1 Å². The standard InChI is InChI=1S/C13H14F3NO/c14-13(15,16)11-3-1-2-9(6-11)12(8-18)10-4-5-17-7-10/h1-3,6,8,10,12,17H,4-5,7H2. The lowest BCUT2D eigenvalue weighted by Gasteiger charge is -2.18. The highest BCUT2D eigenvalue weighted by Crippen LogP contribution is 2.33. The molecule has 18 heavy (non-hydrogen) atoms. The minimum atomic E-state index is -4.36. The van der Waals surface area contributed by atoms with Crippen molar-refractivity contribution in [2.24, 2.45) is 5.92 Å². The van der Waals surface area contributed by atoms with Crippen molar-refractivity contribution in [3.8, 4) is 0 Å². The van der Waals surface area contributed by atoms with Gasteiger partial charge in [-0.2, -0.15) is 13.2 Å². The highest BCUT2D eigenvalue weighted by Gasteiger charge is 2.32. The number of nitrogens with one attached hydrogen (secondary N) is 1. The number of halogens is 3. The average molecular weight is 257 g/mol. The topological polar surface area (TPSA) is 29.1 Å². The van der Waals surface area contributed by atoms with Crippen molar-refractivity contribution in [3.05, 3.63) is 35.4 Å². The Morgan fingerprint density at radius 2 is 2.17 bits per heavy atom. The molecule has 5 heteroatoms. The molecule has 2 unspecified atom stereocenters. The maximum absolute atomic E-state index is 12.6. The van der Waals surface area contributed by atoms with E-state index < -0.39 is 17.7 Å². The number of hydrogen-bond donors (Lipinski definition) is 1. The fourth-order valence-electron chi connectivity index (χ4n) is 2.37. The Hall–Kier alpha value is -1.36. The predicted octanol–water partition coefficient (Wildman–Crippen LogP) is 2.60. The lowest BCUT2D eigenvalue weighted by atomic mass is 9.86. The molecule has 1 N–H and O–H groups in total. The van der Waals surface area contributed by atoms with Gasteiger partial charge in [0.2, 0.25) is 0 Å². The van der Waals surface area contributed by atoms with E-state index in [0.717, 1.165) is 31.4 Å². The molecule has 0 saturated carbocycles. The van der Waals surface area contributed by atoms with Gasteiger partial charge >= 0.3 is 6.18 Å². The summed E-state index contributed by atoms with van der Waals surface area (Å²) in [5.74, 6) is -0.367. The third kappa shape index (κ3) is 2.72. The Morgan fingerprint density at radius 3 is 2.72 bits per heavy atom. The van der Waals surface area contributed by atoms with E-state index in [1.165, 1.54) is 6.07 Å². The van der Waals surface area contributed by atoms with Crippen LogP contribution in [0.5, 0.6) is 0 Å². The largest absolute Gasteiger partial charge is 0.416 e. The molecule has 1 fully saturated rings. The van der Waals surface area contributed by atoms with E-state index in [2.05, 4.69) is 5.32 Å². The lowest BCUT2D eigenvalue weighted by Crippen LogP contribution is -2.18. The molecule has 1 aliphatic heterocycles. The molecule has 0 aliphatic carbocycles. The van der Waals surface area contributed by atoms with E-state index in [1.54, 1.807) is 6.07 Å². The van der Waals surface area contributed by atoms with E-state index in [-0.39, 0.29) is 5.92 Å². The highest BCUT2D eigenvalue weighted by atomic mass is 19.4. The van der Waals surface area contributed by atoms with Crippen LogP contribution in [0.25, 0.3) is 0 Å². The first-order valence-electron chi connectivity index (χ1n) is 5.85. The predicted molar refractivity (Wildman–Crippen MR) is 61.2 cm³/mol. The van der Waals surface area contributed by atoms with Crippen LogP contribution < -0.4 is 5.32 Å². The summed E-state index contributed by atoms with van der Waals surface area (Å²) in [6, 6.07) is 5.05. The summed E-state index contributed by atoms with van der Waals surface area (Å²) in [6.45, 7) is 1.49. The number of hydrogen-bond acceptors (Lipinski definition) is 2. The van der Waals surface area contributed by atoms with Gasteiger partial charge in [0, 0.05) is 5.92 Å². The molecule has 2 rings (SSSR count). The minimum Gasteiger partial charge on any atom is -0.316 e. The maximum Gasteiger partial charge on any atom is 0.416 e. The summed E-state index contributed by atoms with van der Waals surface area (Å²) in [5, 5.41) is 3.12. The molecule has 0 bridgehead atoms. The Balaban J connectivity index is 2.28. The number of aldehydes is 1. The van der Waals surface area contributed by atoms with E-state index >= 15 is 0 Å². The van der Waals surface area contributed by atoms with Gasteiger partial charge in [-0.25, -0.2) is 0 Å². The van der Waals surface area contributed by atoms with Gasteiger partial charge in [-0.15, -0.1) is 0 Å². The fourth-order valence-corrected chi connectivity index (χ4v) is 2.37. The number of carbonyl (C=O) groups excluding carboxylic acids is 1. The molecular formula is C13H14F3NO. The van der Waals surface area contributed by atoms with Crippen molar-refractivity contribution in [2.75, 3.05) is 13.1 Å². The third-order valence-electron chi connectivity index (χ3n) is 3.35. The molecule has 1 heterocycles. The van der Waals surface area contributed by atoms with E-state index in [1.807, 2.05) is 0 Å². The third-order valence-corrected chi connectivity index (χ3v) is 3.35. The zero-order valence-corrected chi connectivity index (χ0v) is 9.70. The van der Waals surface area contributed by atoms with E-state index in [4.69, 9.17) is 0 Å². The second-order valence-electron chi connectivity index (χ2n) is 4.54. The Bertz CT molecular complexity index is 424. The SMILES string of the molecule is O=CC(c1cccc(C(F)(F)F)c1)C1CCNC1. The lowest BCUT2D eigenvalue weighted by molar-refractivity contribution is -0.137. The zero-order valence-electron chi connectivity index (χ0n) is 9.70. The van der Waals surface area contributed by atoms with E-state index in [9.17, 15) is 18.0 Å². The average Bonchev–Trinajstić information content (AvgIpc) is 2.83. The molecule has 1 saturated heterocycles. The Labute approximate surface area is 103 Å². The van der Waals surface area contributed by atoms with Gasteiger partial charge in [0.25, 0.3) is 0 Å². The molecule has 1 aromatic rings. The normalized spacial score (nSPS) is 21.8. The van der Waals surface area contributed by atoms with Gasteiger partial charge in [0.15, 0.2) is 0 Å². The monoisotopic (exact) mass is 257 g/mol. The van der Waals surface area contributed by atoms with Crippen LogP contribution in [0.1, 0.15) is 23.5 Å². The summed E-state index contributed by atoms with van der Waals surface area (Å²) in [5.41, 5.74) is -0.244. The van der Waals surface area contributed by atoms with Crippen LogP contribution in [-0.4, -0.2) is 19.4 Å². The molecule has 1 aliphatic rings. The second-order valence-corrected chi connectivity index (χ2v) is 4.54. The number of alkyl halides is 3. The van der Waals surface area contributed by atoms with Crippen LogP contribution >= 0.6 is 0 Å². The zero-order chi connectivity index (χ0) is 13.2. The Kier molecular flexibility index (Phi) is 3.71. The van der Waals surface area contributed by atoms with Crippen LogP contribution in [0.15, 0.2) is 24.3 Å². The quantitative estimate of drug-likeness (QED) is 0.843.